The average Bonchev–Trinajstić information content (AvgIpc) is 2.83. The Morgan fingerprint density at radius 3 is 2.37 bits per heavy atom. The van der Waals surface area contributed by atoms with Gasteiger partial charge in [0.05, 0.1) is 19.6 Å². The molecule has 1 atom stereocenters. The maximum absolute atomic E-state index is 6.59. The van der Waals surface area contributed by atoms with E-state index in [2.05, 4.69) is 15.9 Å². The molecule has 0 bridgehead atoms. The van der Waals surface area contributed by atoms with Gasteiger partial charge in [-0.25, -0.2) is 0 Å². The first-order chi connectivity index (χ1) is 9.08. The standard InChI is InChI=1S/C14H14BrClO2S/c1-8-6-11(17-2)12(18-3)7-9(8)13(16)14-10(15)4-5-19-14/h4-7,13H,1-3H3. The summed E-state index contributed by atoms with van der Waals surface area (Å²) in [7, 11) is 3.26. The van der Waals surface area contributed by atoms with Crippen LogP contribution in [0, 0.1) is 6.92 Å². The molecule has 0 aliphatic heterocycles. The van der Waals surface area contributed by atoms with Crippen molar-refractivity contribution in [3.8, 4) is 11.5 Å². The third kappa shape index (κ3) is 2.91. The number of alkyl halides is 1. The molecule has 0 saturated heterocycles. The van der Waals surface area contributed by atoms with E-state index in [1.54, 1.807) is 25.6 Å². The number of hydrogen-bond acceptors (Lipinski definition) is 3. The molecule has 2 rings (SSSR count). The highest BCUT2D eigenvalue weighted by Gasteiger charge is 2.19. The van der Waals surface area contributed by atoms with Gasteiger partial charge in [0.1, 0.15) is 0 Å². The fourth-order valence-electron chi connectivity index (χ4n) is 1.90. The minimum atomic E-state index is -0.200. The second-order valence-corrected chi connectivity index (χ2v) is 6.30. The molecule has 0 saturated carbocycles. The van der Waals surface area contributed by atoms with Crippen molar-refractivity contribution in [3.05, 3.63) is 44.1 Å². The lowest BCUT2D eigenvalue weighted by Crippen LogP contribution is -1.99. The van der Waals surface area contributed by atoms with Crippen LogP contribution in [0.25, 0.3) is 0 Å². The minimum absolute atomic E-state index is 0.200. The third-order valence-electron chi connectivity index (χ3n) is 2.92. The summed E-state index contributed by atoms with van der Waals surface area (Å²) in [5.74, 6) is 1.42. The van der Waals surface area contributed by atoms with Gasteiger partial charge in [0.15, 0.2) is 11.5 Å². The second-order valence-electron chi connectivity index (χ2n) is 4.06. The molecule has 0 radical (unpaired) electrons. The minimum Gasteiger partial charge on any atom is -0.493 e. The van der Waals surface area contributed by atoms with Gasteiger partial charge in [0.25, 0.3) is 0 Å². The molecule has 0 amide bonds. The van der Waals surface area contributed by atoms with Gasteiger partial charge in [0, 0.05) is 9.35 Å². The number of halogens is 2. The predicted molar refractivity (Wildman–Crippen MR) is 84.0 cm³/mol. The van der Waals surface area contributed by atoms with Crippen molar-refractivity contribution in [1.82, 2.24) is 0 Å². The molecule has 1 aromatic carbocycles. The van der Waals surface area contributed by atoms with Gasteiger partial charge in [0.2, 0.25) is 0 Å². The van der Waals surface area contributed by atoms with E-state index in [9.17, 15) is 0 Å². The Morgan fingerprint density at radius 2 is 1.84 bits per heavy atom. The van der Waals surface area contributed by atoms with Crippen molar-refractivity contribution >= 4 is 38.9 Å². The van der Waals surface area contributed by atoms with Gasteiger partial charge in [-0.15, -0.1) is 22.9 Å². The number of benzene rings is 1. The van der Waals surface area contributed by atoms with Crippen LogP contribution in [0.5, 0.6) is 11.5 Å². The maximum Gasteiger partial charge on any atom is 0.161 e. The highest BCUT2D eigenvalue weighted by molar-refractivity contribution is 9.10. The summed E-state index contributed by atoms with van der Waals surface area (Å²) in [6.45, 7) is 2.02. The van der Waals surface area contributed by atoms with E-state index in [1.807, 2.05) is 30.5 Å². The van der Waals surface area contributed by atoms with E-state index in [0.29, 0.717) is 5.75 Å². The SMILES string of the molecule is COc1cc(C)c(C(Cl)c2sccc2Br)cc1OC. The zero-order valence-corrected chi connectivity index (χ0v) is 14.0. The Labute approximate surface area is 130 Å². The molecular formula is C14H14BrClO2S. The highest BCUT2D eigenvalue weighted by atomic mass is 79.9. The molecule has 0 aliphatic carbocycles. The Balaban J connectivity index is 2.48. The number of ether oxygens (including phenoxy) is 2. The molecule has 0 spiro atoms. The Hall–Kier alpha value is -0.710. The number of thiophene rings is 1. The quantitative estimate of drug-likeness (QED) is 0.700. The molecule has 2 nitrogen and oxygen atoms in total. The van der Waals surface area contributed by atoms with E-state index in [1.165, 1.54) is 0 Å². The lowest BCUT2D eigenvalue weighted by atomic mass is 10.0. The molecule has 0 fully saturated rings. The summed E-state index contributed by atoms with van der Waals surface area (Å²) in [5, 5.41) is 1.82. The van der Waals surface area contributed by atoms with Crippen molar-refractivity contribution in [3.63, 3.8) is 0 Å². The lowest BCUT2D eigenvalue weighted by molar-refractivity contribution is 0.354. The first kappa shape index (κ1) is 14.7. The summed E-state index contributed by atoms with van der Waals surface area (Å²) in [5.41, 5.74) is 2.11. The summed E-state index contributed by atoms with van der Waals surface area (Å²) in [6, 6.07) is 5.90. The first-order valence-electron chi connectivity index (χ1n) is 5.68. The molecule has 102 valence electrons. The number of methoxy groups -OCH3 is 2. The smallest absolute Gasteiger partial charge is 0.161 e. The van der Waals surface area contributed by atoms with Crippen LogP contribution < -0.4 is 9.47 Å². The van der Waals surface area contributed by atoms with Crippen LogP contribution in [-0.4, -0.2) is 14.2 Å². The van der Waals surface area contributed by atoms with Crippen molar-refractivity contribution in [2.75, 3.05) is 14.2 Å². The van der Waals surface area contributed by atoms with Gasteiger partial charge in [-0.05, 0) is 57.6 Å². The Bertz CT molecular complexity index is 583. The molecular weight excluding hydrogens is 348 g/mol. The van der Waals surface area contributed by atoms with Gasteiger partial charge < -0.3 is 9.47 Å². The zero-order valence-electron chi connectivity index (χ0n) is 10.9. The number of rotatable bonds is 4. The van der Waals surface area contributed by atoms with Crippen LogP contribution in [0.15, 0.2) is 28.1 Å². The van der Waals surface area contributed by atoms with E-state index in [4.69, 9.17) is 21.1 Å². The molecule has 1 aromatic heterocycles. The van der Waals surface area contributed by atoms with Crippen molar-refractivity contribution in [2.24, 2.45) is 0 Å². The molecule has 1 heterocycles. The Morgan fingerprint density at radius 1 is 1.21 bits per heavy atom. The zero-order chi connectivity index (χ0) is 14.0. The fraction of sp³-hybridized carbons (Fsp3) is 0.286. The van der Waals surface area contributed by atoms with Crippen LogP contribution in [-0.2, 0) is 0 Å². The van der Waals surface area contributed by atoms with Gasteiger partial charge in [-0.2, -0.15) is 0 Å². The van der Waals surface area contributed by atoms with E-state index < -0.39 is 0 Å². The third-order valence-corrected chi connectivity index (χ3v) is 5.44. The van der Waals surface area contributed by atoms with Crippen LogP contribution in [0.3, 0.4) is 0 Å². The molecule has 5 heteroatoms. The summed E-state index contributed by atoms with van der Waals surface area (Å²) in [6.07, 6.45) is 0. The van der Waals surface area contributed by atoms with E-state index in [-0.39, 0.29) is 5.38 Å². The molecule has 2 aromatic rings. The summed E-state index contributed by atoms with van der Waals surface area (Å²) < 4.78 is 11.7. The average molecular weight is 362 g/mol. The normalized spacial score (nSPS) is 12.3. The van der Waals surface area contributed by atoms with Gasteiger partial charge >= 0.3 is 0 Å². The monoisotopic (exact) mass is 360 g/mol. The maximum atomic E-state index is 6.59. The lowest BCUT2D eigenvalue weighted by Gasteiger charge is -2.16. The topological polar surface area (TPSA) is 18.5 Å². The van der Waals surface area contributed by atoms with E-state index >= 15 is 0 Å². The second kappa shape index (κ2) is 6.16. The summed E-state index contributed by atoms with van der Waals surface area (Å²) in [4.78, 5) is 1.09. The van der Waals surface area contributed by atoms with Crippen molar-refractivity contribution in [2.45, 2.75) is 12.3 Å². The van der Waals surface area contributed by atoms with Crippen LogP contribution in [0.4, 0.5) is 0 Å². The number of aryl methyl sites for hydroxylation is 1. The van der Waals surface area contributed by atoms with Crippen molar-refractivity contribution in [1.29, 1.82) is 0 Å². The van der Waals surface area contributed by atoms with Crippen molar-refractivity contribution < 1.29 is 9.47 Å². The Kier molecular flexibility index (Phi) is 4.76. The summed E-state index contributed by atoms with van der Waals surface area (Å²) >= 11 is 11.7. The van der Waals surface area contributed by atoms with Crippen LogP contribution in [0.1, 0.15) is 21.4 Å². The highest BCUT2D eigenvalue weighted by Crippen LogP contribution is 2.42. The molecule has 1 unspecified atom stereocenters. The molecule has 0 aliphatic rings. The van der Waals surface area contributed by atoms with Gasteiger partial charge in [-0.3, -0.25) is 0 Å². The van der Waals surface area contributed by atoms with Gasteiger partial charge in [-0.1, -0.05) is 0 Å². The molecule has 0 N–H and O–H groups in total. The fourth-order valence-corrected chi connectivity index (χ4v) is 4.13. The van der Waals surface area contributed by atoms with Crippen LogP contribution >= 0.6 is 38.9 Å². The van der Waals surface area contributed by atoms with E-state index in [0.717, 1.165) is 26.2 Å². The first-order valence-corrected chi connectivity index (χ1v) is 7.78. The largest absolute Gasteiger partial charge is 0.493 e. The molecule has 19 heavy (non-hydrogen) atoms. The number of hydrogen-bond donors (Lipinski definition) is 0. The van der Waals surface area contributed by atoms with Crippen LogP contribution in [0.2, 0.25) is 0 Å². The predicted octanol–water partition coefficient (Wildman–Crippen LogP) is 5.16.